The van der Waals surface area contributed by atoms with Gasteiger partial charge in [-0.1, -0.05) is 20.8 Å². The van der Waals surface area contributed by atoms with Crippen molar-refractivity contribution in [3.63, 3.8) is 0 Å². The number of likely N-dealkylation sites (tertiary alicyclic amines) is 1. The Bertz CT molecular complexity index is 358. The SMILES string of the molecule is CCCNC1(C(N)=O)CCCC(N2CCC(C(C)C)C2)C1. The molecule has 122 valence electrons. The monoisotopic (exact) mass is 295 g/mol. The van der Waals surface area contributed by atoms with Crippen LogP contribution in [0.15, 0.2) is 0 Å². The number of carbonyl (C=O) groups is 1. The van der Waals surface area contributed by atoms with Gasteiger partial charge in [-0.3, -0.25) is 4.79 Å². The van der Waals surface area contributed by atoms with Crippen molar-refractivity contribution < 1.29 is 4.79 Å². The first kappa shape index (κ1) is 16.8. The van der Waals surface area contributed by atoms with Crippen LogP contribution in [0.4, 0.5) is 0 Å². The maximum absolute atomic E-state index is 12.1. The Kier molecular flexibility index (Phi) is 5.67. The molecule has 1 saturated carbocycles. The van der Waals surface area contributed by atoms with E-state index in [0.29, 0.717) is 6.04 Å². The average Bonchev–Trinajstić information content (AvgIpc) is 2.95. The van der Waals surface area contributed by atoms with E-state index in [1.165, 1.54) is 25.9 Å². The molecule has 2 fully saturated rings. The predicted octanol–water partition coefficient (Wildman–Crippen LogP) is 2.13. The molecule has 4 heteroatoms. The molecule has 2 rings (SSSR count). The zero-order valence-electron chi connectivity index (χ0n) is 14.0. The van der Waals surface area contributed by atoms with Gasteiger partial charge >= 0.3 is 0 Å². The second kappa shape index (κ2) is 7.10. The molecule has 3 N–H and O–H groups in total. The van der Waals surface area contributed by atoms with Crippen LogP contribution >= 0.6 is 0 Å². The number of nitrogens with zero attached hydrogens (tertiary/aromatic N) is 1. The first-order valence-corrected chi connectivity index (χ1v) is 8.77. The second-order valence-corrected chi connectivity index (χ2v) is 7.41. The van der Waals surface area contributed by atoms with Crippen LogP contribution < -0.4 is 11.1 Å². The Morgan fingerprint density at radius 2 is 2.19 bits per heavy atom. The van der Waals surface area contributed by atoms with Crippen molar-refractivity contribution in [3.8, 4) is 0 Å². The van der Waals surface area contributed by atoms with Crippen molar-refractivity contribution in [1.82, 2.24) is 10.2 Å². The van der Waals surface area contributed by atoms with Gasteiger partial charge in [-0.05, 0) is 63.5 Å². The number of rotatable bonds is 6. The highest BCUT2D eigenvalue weighted by molar-refractivity contribution is 5.84. The van der Waals surface area contributed by atoms with E-state index >= 15 is 0 Å². The minimum Gasteiger partial charge on any atom is -0.368 e. The number of nitrogens with two attached hydrogens (primary N) is 1. The first-order valence-electron chi connectivity index (χ1n) is 8.77. The third kappa shape index (κ3) is 3.78. The van der Waals surface area contributed by atoms with Gasteiger partial charge in [0.1, 0.15) is 0 Å². The summed E-state index contributed by atoms with van der Waals surface area (Å²) in [5, 5.41) is 3.47. The Balaban J connectivity index is 2.00. The van der Waals surface area contributed by atoms with E-state index in [-0.39, 0.29) is 5.91 Å². The lowest BCUT2D eigenvalue weighted by molar-refractivity contribution is -0.126. The van der Waals surface area contributed by atoms with Crippen LogP contribution in [0.1, 0.15) is 59.3 Å². The summed E-state index contributed by atoms with van der Waals surface area (Å²) in [6.07, 6.45) is 6.47. The number of carbonyl (C=O) groups excluding carboxylic acids is 1. The van der Waals surface area contributed by atoms with E-state index < -0.39 is 5.54 Å². The number of hydrogen-bond acceptors (Lipinski definition) is 3. The van der Waals surface area contributed by atoms with Crippen LogP contribution in [0.25, 0.3) is 0 Å². The van der Waals surface area contributed by atoms with Crippen LogP contribution in [0, 0.1) is 11.8 Å². The topological polar surface area (TPSA) is 58.4 Å². The van der Waals surface area contributed by atoms with Crippen molar-refractivity contribution in [2.24, 2.45) is 17.6 Å². The van der Waals surface area contributed by atoms with E-state index in [9.17, 15) is 4.79 Å². The van der Waals surface area contributed by atoms with Gasteiger partial charge in [0.15, 0.2) is 0 Å². The van der Waals surface area contributed by atoms with E-state index in [1.54, 1.807) is 0 Å². The molecule has 1 aliphatic carbocycles. The van der Waals surface area contributed by atoms with E-state index in [0.717, 1.165) is 44.1 Å². The molecule has 1 aliphatic heterocycles. The fourth-order valence-electron chi connectivity index (χ4n) is 4.08. The quantitative estimate of drug-likeness (QED) is 0.789. The molecule has 1 saturated heterocycles. The second-order valence-electron chi connectivity index (χ2n) is 7.41. The molecule has 0 aromatic rings. The lowest BCUT2D eigenvalue weighted by Gasteiger charge is -2.42. The fraction of sp³-hybridized carbons (Fsp3) is 0.941. The van der Waals surface area contributed by atoms with E-state index in [2.05, 4.69) is 31.0 Å². The highest BCUT2D eigenvalue weighted by Gasteiger charge is 2.43. The third-order valence-corrected chi connectivity index (χ3v) is 5.63. The van der Waals surface area contributed by atoms with Crippen molar-refractivity contribution in [2.45, 2.75) is 70.9 Å². The summed E-state index contributed by atoms with van der Waals surface area (Å²) in [7, 11) is 0. The molecule has 3 unspecified atom stereocenters. The largest absolute Gasteiger partial charge is 0.368 e. The Morgan fingerprint density at radius 3 is 2.76 bits per heavy atom. The van der Waals surface area contributed by atoms with E-state index in [4.69, 9.17) is 5.73 Å². The summed E-state index contributed by atoms with van der Waals surface area (Å²) in [6.45, 7) is 10.1. The van der Waals surface area contributed by atoms with E-state index in [1.807, 2.05) is 0 Å². The molecule has 0 bridgehead atoms. The Hall–Kier alpha value is -0.610. The minimum absolute atomic E-state index is 0.153. The molecule has 4 nitrogen and oxygen atoms in total. The normalized spacial score (nSPS) is 34.5. The molecule has 0 aromatic heterocycles. The van der Waals surface area contributed by atoms with Gasteiger partial charge in [-0.25, -0.2) is 0 Å². The number of hydrogen-bond donors (Lipinski definition) is 2. The number of primary amides is 1. The highest BCUT2D eigenvalue weighted by atomic mass is 16.1. The lowest BCUT2D eigenvalue weighted by Crippen LogP contribution is -2.60. The van der Waals surface area contributed by atoms with Crippen LogP contribution in [0.3, 0.4) is 0 Å². The molecule has 1 amide bonds. The number of amides is 1. The standard InChI is InChI=1S/C17H33N3O/c1-4-9-19-17(16(18)21)8-5-6-15(11-17)20-10-7-14(12-20)13(2)3/h13-15,19H,4-12H2,1-3H3,(H2,18,21). The predicted molar refractivity (Wildman–Crippen MR) is 87.0 cm³/mol. The molecular weight excluding hydrogens is 262 g/mol. The van der Waals surface area contributed by atoms with Gasteiger partial charge in [0, 0.05) is 12.6 Å². The first-order chi connectivity index (χ1) is 9.98. The maximum atomic E-state index is 12.1. The van der Waals surface area contributed by atoms with Crippen LogP contribution in [-0.2, 0) is 4.79 Å². The smallest absolute Gasteiger partial charge is 0.237 e. The zero-order valence-corrected chi connectivity index (χ0v) is 14.0. The molecule has 3 atom stereocenters. The molecule has 0 radical (unpaired) electrons. The summed E-state index contributed by atoms with van der Waals surface area (Å²) in [5.74, 6) is 1.43. The summed E-state index contributed by atoms with van der Waals surface area (Å²) in [5.41, 5.74) is 5.30. The lowest BCUT2D eigenvalue weighted by atomic mass is 9.77. The highest BCUT2D eigenvalue weighted by Crippen LogP contribution is 2.35. The summed E-state index contributed by atoms with van der Waals surface area (Å²) >= 11 is 0. The van der Waals surface area contributed by atoms with Crippen molar-refractivity contribution in [1.29, 1.82) is 0 Å². The van der Waals surface area contributed by atoms with Gasteiger partial charge in [0.25, 0.3) is 0 Å². The zero-order chi connectivity index (χ0) is 15.5. The summed E-state index contributed by atoms with van der Waals surface area (Å²) in [4.78, 5) is 14.7. The molecule has 21 heavy (non-hydrogen) atoms. The molecule has 1 heterocycles. The Labute approximate surface area is 129 Å². The van der Waals surface area contributed by atoms with Crippen LogP contribution in [0.5, 0.6) is 0 Å². The van der Waals surface area contributed by atoms with Crippen LogP contribution in [-0.4, -0.2) is 42.0 Å². The molecule has 0 spiro atoms. The van der Waals surface area contributed by atoms with Crippen molar-refractivity contribution >= 4 is 5.91 Å². The summed E-state index contributed by atoms with van der Waals surface area (Å²) < 4.78 is 0. The average molecular weight is 295 g/mol. The van der Waals surface area contributed by atoms with Gasteiger partial charge < -0.3 is 16.0 Å². The fourth-order valence-corrected chi connectivity index (χ4v) is 4.08. The van der Waals surface area contributed by atoms with Crippen LogP contribution in [0.2, 0.25) is 0 Å². The molecular formula is C17H33N3O. The van der Waals surface area contributed by atoms with Crippen molar-refractivity contribution in [2.75, 3.05) is 19.6 Å². The van der Waals surface area contributed by atoms with Gasteiger partial charge in [-0.15, -0.1) is 0 Å². The number of nitrogens with one attached hydrogen (secondary N) is 1. The summed E-state index contributed by atoms with van der Waals surface area (Å²) in [6, 6.07) is 0.527. The third-order valence-electron chi connectivity index (χ3n) is 5.63. The minimum atomic E-state index is -0.463. The maximum Gasteiger partial charge on any atom is 0.237 e. The van der Waals surface area contributed by atoms with Gasteiger partial charge in [-0.2, -0.15) is 0 Å². The van der Waals surface area contributed by atoms with Crippen molar-refractivity contribution in [3.05, 3.63) is 0 Å². The van der Waals surface area contributed by atoms with Gasteiger partial charge in [0.05, 0.1) is 5.54 Å². The van der Waals surface area contributed by atoms with Gasteiger partial charge in [0.2, 0.25) is 5.91 Å². The molecule has 2 aliphatic rings. The Morgan fingerprint density at radius 1 is 1.43 bits per heavy atom. The molecule has 0 aromatic carbocycles.